The van der Waals surface area contributed by atoms with E-state index in [4.69, 9.17) is 4.74 Å². The van der Waals surface area contributed by atoms with Crippen molar-refractivity contribution in [3.63, 3.8) is 0 Å². The molecule has 0 aromatic rings. The largest absolute Gasteiger partial charge is 0.385 e. The second-order valence-electron chi connectivity index (χ2n) is 4.97. The SMILES string of the molecule is COCCCNC(=O)CC(C)C1CCNCC1. The first-order valence-corrected chi connectivity index (χ1v) is 6.70. The molecule has 0 saturated carbocycles. The molecule has 1 heterocycles. The molecule has 1 rings (SSSR count). The first kappa shape index (κ1) is 14.5. The molecule has 1 fully saturated rings. The van der Waals surface area contributed by atoms with Gasteiger partial charge in [0.05, 0.1) is 0 Å². The second-order valence-corrected chi connectivity index (χ2v) is 4.97. The number of ether oxygens (including phenoxy) is 1. The van der Waals surface area contributed by atoms with Gasteiger partial charge in [-0.2, -0.15) is 0 Å². The van der Waals surface area contributed by atoms with Gasteiger partial charge in [0.25, 0.3) is 0 Å². The minimum Gasteiger partial charge on any atom is -0.385 e. The van der Waals surface area contributed by atoms with Crippen LogP contribution in [-0.4, -0.2) is 39.3 Å². The first-order chi connectivity index (χ1) is 8.24. The molecule has 1 aliphatic heterocycles. The number of piperidine rings is 1. The van der Waals surface area contributed by atoms with E-state index in [1.165, 1.54) is 12.8 Å². The lowest BCUT2D eigenvalue weighted by Gasteiger charge is -2.27. The van der Waals surface area contributed by atoms with E-state index >= 15 is 0 Å². The molecule has 1 aliphatic rings. The first-order valence-electron chi connectivity index (χ1n) is 6.70. The zero-order valence-corrected chi connectivity index (χ0v) is 11.1. The van der Waals surface area contributed by atoms with E-state index in [2.05, 4.69) is 17.6 Å². The summed E-state index contributed by atoms with van der Waals surface area (Å²) >= 11 is 0. The van der Waals surface area contributed by atoms with E-state index in [0.717, 1.165) is 26.1 Å². The average Bonchev–Trinajstić information content (AvgIpc) is 2.36. The number of rotatable bonds is 7. The van der Waals surface area contributed by atoms with Gasteiger partial charge >= 0.3 is 0 Å². The highest BCUT2D eigenvalue weighted by molar-refractivity contribution is 5.76. The van der Waals surface area contributed by atoms with E-state index in [9.17, 15) is 4.79 Å². The van der Waals surface area contributed by atoms with Gasteiger partial charge in [0.15, 0.2) is 0 Å². The van der Waals surface area contributed by atoms with E-state index in [0.29, 0.717) is 24.9 Å². The predicted molar refractivity (Wildman–Crippen MR) is 68.9 cm³/mol. The van der Waals surface area contributed by atoms with Crippen molar-refractivity contribution in [3.05, 3.63) is 0 Å². The fraction of sp³-hybridized carbons (Fsp3) is 0.923. The van der Waals surface area contributed by atoms with Crippen molar-refractivity contribution in [1.82, 2.24) is 10.6 Å². The van der Waals surface area contributed by atoms with Crippen LogP contribution in [0.4, 0.5) is 0 Å². The third-order valence-corrected chi connectivity index (χ3v) is 3.54. The molecular formula is C13H26N2O2. The Morgan fingerprint density at radius 3 is 2.82 bits per heavy atom. The van der Waals surface area contributed by atoms with Gasteiger partial charge in [-0.15, -0.1) is 0 Å². The Bertz CT molecular complexity index is 215. The molecule has 2 N–H and O–H groups in total. The molecule has 0 aromatic carbocycles. The minimum atomic E-state index is 0.187. The molecule has 1 atom stereocenters. The van der Waals surface area contributed by atoms with Crippen LogP contribution in [0.15, 0.2) is 0 Å². The Labute approximate surface area is 104 Å². The van der Waals surface area contributed by atoms with Crippen LogP contribution in [0, 0.1) is 11.8 Å². The monoisotopic (exact) mass is 242 g/mol. The number of methoxy groups -OCH3 is 1. The van der Waals surface area contributed by atoms with Crippen molar-refractivity contribution in [3.8, 4) is 0 Å². The van der Waals surface area contributed by atoms with Gasteiger partial charge < -0.3 is 15.4 Å². The van der Waals surface area contributed by atoms with Crippen LogP contribution in [-0.2, 0) is 9.53 Å². The van der Waals surface area contributed by atoms with Crippen LogP contribution in [0.25, 0.3) is 0 Å². The van der Waals surface area contributed by atoms with Crippen molar-refractivity contribution in [2.45, 2.75) is 32.6 Å². The Kier molecular flexibility index (Phi) is 7.21. The number of hydrogen-bond acceptors (Lipinski definition) is 3. The standard InChI is InChI=1S/C13H26N2O2/c1-11(12-4-7-14-8-5-12)10-13(16)15-6-3-9-17-2/h11-12,14H,3-10H2,1-2H3,(H,15,16). The zero-order valence-electron chi connectivity index (χ0n) is 11.1. The Balaban J connectivity index is 2.11. The molecule has 1 unspecified atom stereocenters. The fourth-order valence-corrected chi connectivity index (χ4v) is 2.39. The van der Waals surface area contributed by atoms with E-state index in [1.807, 2.05) is 0 Å². The van der Waals surface area contributed by atoms with Gasteiger partial charge in [0, 0.05) is 26.7 Å². The van der Waals surface area contributed by atoms with Gasteiger partial charge in [-0.05, 0) is 44.2 Å². The Morgan fingerprint density at radius 1 is 1.47 bits per heavy atom. The average molecular weight is 242 g/mol. The Morgan fingerprint density at radius 2 is 2.18 bits per heavy atom. The van der Waals surface area contributed by atoms with Crippen LogP contribution < -0.4 is 10.6 Å². The third-order valence-electron chi connectivity index (χ3n) is 3.54. The summed E-state index contributed by atoms with van der Waals surface area (Å²) in [6.45, 7) is 5.84. The Hall–Kier alpha value is -0.610. The van der Waals surface area contributed by atoms with E-state index in [1.54, 1.807) is 7.11 Å². The van der Waals surface area contributed by atoms with Gasteiger partial charge in [-0.1, -0.05) is 6.92 Å². The normalized spacial score (nSPS) is 18.9. The molecule has 0 radical (unpaired) electrons. The second kappa shape index (κ2) is 8.48. The predicted octanol–water partition coefficient (Wildman–Crippen LogP) is 1.16. The lowest BCUT2D eigenvalue weighted by atomic mass is 9.84. The third kappa shape index (κ3) is 6.03. The summed E-state index contributed by atoms with van der Waals surface area (Å²) in [5, 5.41) is 6.31. The molecule has 1 amide bonds. The molecule has 0 aliphatic carbocycles. The van der Waals surface area contributed by atoms with Crippen molar-refractivity contribution in [2.75, 3.05) is 33.4 Å². The summed E-state index contributed by atoms with van der Waals surface area (Å²) in [5.74, 6) is 1.40. The summed E-state index contributed by atoms with van der Waals surface area (Å²) in [6.07, 6.45) is 3.97. The topological polar surface area (TPSA) is 50.4 Å². The number of nitrogens with one attached hydrogen (secondary N) is 2. The number of carbonyl (C=O) groups excluding carboxylic acids is 1. The van der Waals surface area contributed by atoms with Gasteiger partial charge in [-0.25, -0.2) is 0 Å². The smallest absolute Gasteiger partial charge is 0.220 e. The van der Waals surface area contributed by atoms with Crippen molar-refractivity contribution < 1.29 is 9.53 Å². The van der Waals surface area contributed by atoms with Crippen molar-refractivity contribution in [2.24, 2.45) is 11.8 Å². The summed E-state index contributed by atoms with van der Waals surface area (Å²) in [4.78, 5) is 11.7. The van der Waals surface area contributed by atoms with Gasteiger partial charge in [-0.3, -0.25) is 4.79 Å². The van der Waals surface area contributed by atoms with Crippen LogP contribution in [0.3, 0.4) is 0 Å². The van der Waals surface area contributed by atoms with Crippen LogP contribution >= 0.6 is 0 Å². The molecule has 1 saturated heterocycles. The fourth-order valence-electron chi connectivity index (χ4n) is 2.39. The van der Waals surface area contributed by atoms with Gasteiger partial charge in [0.1, 0.15) is 0 Å². The molecule has 0 spiro atoms. The van der Waals surface area contributed by atoms with E-state index in [-0.39, 0.29) is 5.91 Å². The summed E-state index contributed by atoms with van der Waals surface area (Å²) in [6, 6.07) is 0. The van der Waals surface area contributed by atoms with Gasteiger partial charge in [0.2, 0.25) is 5.91 Å². The maximum atomic E-state index is 11.7. The minimum absolute atomic E-state index is 0.187. The lowest BCUT2D eigenvalue weighted by Crippen LogP contribution is -2.33. The maximum absolute atomic E-state index is 11.7. The number of carbonyl (C=O) groups is 1. The number of hydrogen-bond donors (Lipinski definition) is 2. The highest BCUT2D eigenvalue weighted by atomic mass is 16.5. The van der Waals surface area contributed by atoms with Crippen molar-refractivity contribution in [1.29, 1.82) is 0 Å². The highest BCUT2D eigenvalue weighted by Crippen LogP contribution is 2.23. The lowest BCUT2D eigenvalue weighted by molar-refractivity contribution is -0.122. The maximum Gasteiger partial charge on any atom is 0.220 e. The van der Waals surface area contributed by atoms with E-state index < -0.39 is 0 Å². The van der Waals surface area contributed by atoms with Crippen molar-refractivity contribution >= 4 is 5.91 Å². The zero-order chi connectivity index (χ0) is 12.5. The summed E-state index contributed by atoms with van der Waals surface area (Å²) < 4.78 is 4.94. The molecule has 17 heavy (non-hydrogen) atoms. The molecule has 4 heteroatoms. The summed E-state index contributed by atoms with van der Waals surface area (Å²) in [7, 11) is 1.68. The molecular weight excluding hydrogens is 216 g/mol. The quantitative estimate of drug-likeness (QED) is 0.659. The van der Waals surface area contributed by atoms with Crippen LogP contribution in [0.2, 0.25) is 0 Å². The van der Waals surface area contributed by atoms with Crippen LogP contribution in [0.1, 0.15) is 32.6 Å². The summed E-state index contributed by atoms with van der Waals surface area (Å²) in [5.41, 5.74) is 0. The number of amides is 1. The molecule has 4 nitrogen and oxygen atoms in total. The molecule has 0 bridgehead atoms. The van der Waals surface area contributed by atoms with Crippen LogP contribution in [0.5, 0.6) is 0 Å². The molecule has 100 valence electrons. The molecule has 0 aromatic heterocycles. The highest BCUT2D eigenvalue weighted by Gasteiger charge is 2.21.